The van der Waals surface area contributed by atoms with E-state index in [4.69, 9.17) is 9.47 Å². The molecule has 0 aliphatic heterocycles. The molecule has 0 aliphatic carbocycles. The molecule has 0 aliphatic rings. The summed E-state index contributed by atoms with van der Waals surface area (Å²) in [6, 6.07) is 15.2. The van der Waals surface area contributed by atoms with Crippen LogP contribution in [0.2, 0.25) is 0 Å². The van der Waals surface area contributed by atoms with Crippen LogP contribution in [0.4, 0.5) is 0 Å². The zero-order valence-corrected chi connectivity index (χ0v) is 24.2. The molecule has 0 saturated carbocycles. The number of ether oxygens (including phenoxy) is 2. The summed E-state index contributed by atoms with van der Waals surface area (Å²) in [6.07, 6.45) is 25.5. The number of hydrogen-bond acceptors (Lipinski definition) is 3. The molecule has 0 aromatic heterocycles. The lowest BCUT2D eigenvalue weighted by Crippen LogP contribution is -1.97. The van der Waals surface area contributed by atoms with Gasteiger partial charge in [0.25, 0.3) is 0 Å². The van der Waals surface area contributed by atoms with Crippen molar-refractivity contribution in [1.29, 1.82) is 0 Å². The average molecular weight is 521 g/mol. The van der Waals surface area contributed by atoms with Crippen molar-refractivity contribution in [2.45, 2.75) is 117 Å². The zero-order valence-electron chi connectivity index (χ0n) is 24.2. The molecule has 2 rings (SSSR count). The quantitative estimate of drug-likeness (QED) is 0.0830. The summed E-state index contributed by atoms with van der Waals surface area (Å²) >= 11 is 0. The molecule has 0 spiro atoms. The summed E-state index contributed by atoms with van der Waals surface area (Å²) in [7, 11) is 0. The third-order valence-electron chi connectivity index (χ3n) is 7.02. The topological polar surface area (TPSA) is 35.5 Å². The van der Waals surface area contributed by atoms with Gasteiger partial charge in [0, 0.05) is 5.56 Å². The van der Waals surface area contributed by atoms with Crippen molar-refractivity contribution in [2.24, 2.45) is 0 Å². The van der Waals surface area contributed by atoms with E-state index in [0.717, 1.165) is 30.1 Å². The van der Waals surface area contributed by atoms with Crippen molar-refractivity contribution in [3.8, 4) is 11.5 Å². The van der Waals surface area contributed by atoms with Gasteiger partial charge in [-0.2, -0.15) is 0 Å². The van der Waals surface area contributed by atoms with E-state index in [1.54, 1.807) is 18.2 Å². The Morgan fingerprint density at radius 3 is 1.53 bits per heavy atom. The van der Waals surface area contributed by atoms with Gasteiger partial charge < -0.3 is 9.47 Å². The fourth-order valence-corrected chi connectivity index (χ4v) is 4.67. The first-order chi connectivity index (χ1) is 18.7. The molecule has 0 atom stereocenters. The van der Waals surface area contributed by atoms with Gasteiger partial charge in [-0.25, -0.2) is 0 Å². The number of unbranched alkanes of at least 4 members (excludes halogenated alkanes) is 15. The van der Waals surface area contributed by atoms with Crippen LogP contribution in [-0.4, -0.2) is 19.0 Å². The number of benzene rings is 2. The molecule has 0 unspecified atom stereocenters. The highest BCUT2D eigenvalue weighted by molar-refractivity contribution is 6.06. The fourth-order valence-electron chi connectivity index (χ4n) is 4.67. The molecule has 0 fully saturated rings. The van der Waals surface area contributed by atoms with Crippen LogP contribution in [-0.2, 0) is 0 Å². The first kappa shape index (κ1) is 31.7. The molecule has 3 heteroatoms. The van der Waals surface area contributed by atoms with E-state index in [1.807, 2.05) is 49.4 Å². The van der Waals surface area contributed by atoms with Crippen LogP contribution in [0, 0.1) is 0 Å². The molecule has 0 radical (unpaired) electrons. The van der Waals surface area contributed by atoms with Crippen molar-refractivity contribution in [3.63, 3.8) is 0 Å². The number of carbonyl (C=O) groups excluding carboxylic acids is 1. The highest BCUT2D eigenvalue weighted by Crippen LogP contribution is 2.17. The summed E-state index contributed by atoms with van der Waals surface area (Å²) in [5.41, 5.74) is 1.64. The summed E-state index contributed by atoms with van der Waals surface area (Å²) < 4.78 is 11.3. The Balaban J connectivity index is 1.45. The molecular weight excluding hydrogens is 468 g/mol. The molecule has 0 N–H and O–H groups in total. The van der Waals surface area contributed by atoms with Crippen molar-refractivity contribution >= 4 is 11.9 Å². The van der Waals surface area contributed by atoms with Gasteiger partial charge in [-0.05, 0) is 61.4 Å². The third-order valence-corrected chi connectivity index (χ3v) is 7.02. The maximum absolute atomic E-state index is 12.4. The summed E-state index contributed by atoms with van der Waals surface area (Å²) in [4.78, 5) is 12.4. The normalized spacial score (nSPS) is 11.2. The molecule has 0 bridgehead atoms. The average Bonchev–Trinajstić information content (AvgIpc) is 2.94. The van der Waals surface area contributed by atoms with Gasteiger partial charge in [-0.3, -0.25) is 4.79 Å². The predicted molar refractivity (Wildman–Crippen MR) is 162 cm³/mol. The Hall–Kier alpha value is -2.55. The summed E-state index contributed by atoms with van der Waals surface area (Å²) in [5.74, 6) is 1.65. The van der Waals surface area contributed by atoms with Gasteiger partial charge in [0.1, 0.15) is 11.5 Å². The van der Waals surface area contributed by atoms with Gasteiger partial charge >= 0.3 is 0 Å². The summed E-state index contributed by atoms with van der Waals surface area (Å²) in [6.45, 7) is 5.62. The van der Waals surface area contributed by atoms with Crippen LogP contribution in [0.3, 0.4) is 0 Å². The maximum atomic E-state index is 12.4. The molecule has 0 amide bonds. The molecule has 38 heavy (non-hydrogen) atoms. The Morgan fingerprint density at radius 1 is 0.579 bits per heavy atom. The second-order valence-electron chi connectivity index (χ2n) is 10.4. The molecular formula is C35H52O3. The monoisotopic (exact) mass is 520 g/mol. The predicted octanol–water partition coefficient (Wildman–Crippen LogP) is 10.6. The highest BCUT2D eigenvalue weighted by atomic mass is 16.5. The van der Waals surface area contributed by atoms with Crippen molar-refractivity contribution in [3.05, 3.63) is 65.7 Å². The van der Waals surface area contributed by atoms with Crippen LogP contribution >= 0.6 is 0 Å². The molecule has 2 aromatic rings. The van der Waals surface area contributed by atoms with E-state index in [-0.39, 0.29) is 5.78 Å². The van der Waals surface area contributed by atoms with E-state index >= 15 is 0 Å². The van der Waals surface area contributed by atoms with Crippen molar-refractivity contribution in [1.82, 2.24) is 0 Å². The highest BCUT2D eigenvalue weighted by Gasteiger charge is 2.02. The molecule has 2 aromatic carbocycles. The lowest BCUT2D eigenvalue weighted by atomic mass is 10.0. The minimum absolute atomic E-state index is 0.0168. The first-order valence-corrected chi connectivity index (χ1v) is 15.4. The fraction of sp³-hybridized carbons (Fsp3) is 0.571. The first-order valence-electron chi connectivity index (χ1n) is 15.4. The molecule has 210 valence electrons. The molecule has 3 nitrogen and oxygen atoms in total. The van der Waals surface area contributed by atoms with E-state index in [2.05, 4.69) is 6.92 Å². The number of allylic oxidation sites excluding steroid dienone is 1. The molecule has 0 saturated heterocycles. The van der Waals surface area contributed by atoms with Crippen LogP contribution < -0.4 is 9.47 Å². The van der Waals surface area contributed by atoms with E-state index in [0.29, 0.717) is 12.2 Å². The van der Waals surface area contributed by atoms with E-state index in [1.165, 1.54) is 96.3 Å². The molecule has 0 heterocycles. The smallest absolute Gasteiger partial charge is 0.185 e. The van der Waals surface area contributed by atoms with Gasteiger partial charge in [-0.15, -0.1) is 0 Å². The van der Waals surface area contributed by atoms with Gasteiger partial charge in [-0.1, -0.05) is 121 Å². The number of carbonyl (C=O) groups is 1. The van der Waals surface area contributed by atoms with Crippen LogP contribution in [0.5, 0.6) is 11.5 Å². The van der Waals surface area contributed by atoms with Crippen molar-refractivity contribution in [2.75, 3.05) is 13.2 Å². The largest absolute Gasteiger partial charge is 0.494 e. The number of ketones is 1. The minimum Gasteiger partial charge on any atom is -0.494 e. The Morgan fingerprint density at radius 2 is 1.03 bits per heavy atom. The second-order valence-corrected chi connectivity index (χ2v) is 10.4. The third kappa shape index (κ3) is 15.0. The SMILES string of the molecule is CCCCCCCCCCCCCCCCCCOc1ccc(C=CC(=O)c2ccc(OCC)cc2)cc1. The minimum atomic E-state index is -0.0168. The lowest BCUT2D eigenvalue weighted by Gasteiger charge is -2.07. The lowest BCUT2D eigenvalue weighted by molar-refractivity contribution is 0.104. The maximum Gasteiger partial charge on any atom is 0.185 e. The zero-order chi connectivity index (χ0) is 27.1. The summed E-state index contributed by atoms with van der Waals surface area (Å²) in [5, 5.41) is 0. The standard InChI is InChI=1S/C35H52O3/c1-3-5-6-7-8-9-10-11-12-13-14-15-16-17-18-19-30-38-34-25-20-31(21-26-34)22-29-35(36)32-23-27-33(28-24-32)37-4-2/h20-29H,3-19,30H2,1-2H3. The second kappa shape index (κ2) is 21.4. The Kier molecular flexibility index (Phi) is 17.8. The van der Waals surface area contributed by atoms with Crippen LogP contribution in [0.25, 0.3) is 6.08 Å². The van der Waals surface area contributed by atoms with Gasteiger partial charge in [0.05, 0.1) is 13.2 Å². The van der Waals surface area contributed by atoms with E-state index in [9.17, 15) is 4.79 Å². The van der Waals surface area contributed by atoms with Crippen LogP contribution in [0.1, 0.15) is 133 Å². The van der Waals surface area contributed by atoms with Gasteiger partial charge in [0.2, 0.25) is 0 Å². The van der Waals surface area contributed by atoms with Crippen molar-refractivity contribution < 1.29 is 14.3 Å². The number of rotatable bonds is 23. The van der Waals surface area contributed by atoms with Crippen LogP contribution in [0.15, 0.2) is 54.6 Å². The van der Waals surface area contributed by atoms with E-state index < -0.39 is 0 Å². The number of hydrogen-bond donors (Lipinski definition) is 0. The Bertz CT molecular complexity index is 867. The Labute approximate surface area is 233 Å². The van der Waals surface area contributed by atoms with Gasteiger partial charge in [0.15, 0.2) is 5.78 Å².